The Kier molecular flexibility index (Phi) is 3.35. The van der Waals surface area contributed by atoms with Crippen LogP contribution < -0.4 is 16.0 Å². The van der Waals surface area contributed by atoms with Gasteiger partial charge in [0.2, 0.25) is 0 Å². The summed E-state index contributed by atoms with van der Waals surface area (Å²) in [5.74, 6) is 0. The highest BCUT2D eigenvalue weighted by molar-refractivity contribution is 7.99. The van der Waals surface area contributed by atoms with Crippen molar-refractivity contribution in [2.75, 3.05) is 18.5 Å². The highest BCUT2D eigenvalue weighted by atomic mass is 35.5. The zero-order valence-electron chi connectivity index (χ0n) is 10.6. The molecule has 3 rings (SSSR count). The Hall–Kier alpha value is -1.66. The van der Waals surface area contributed by atoms with Gasteiger partial charge >= 0.3 is 11.1 Å². The summed E-state index contributed by atoms with van der Waals surface area (Å²) in [5, 5.41) is 0.755. The fourth-order valence-corrected chi connectivity index (χ4v) is 3.70. The molecule has 0 bridgehead atoms. The molecule has 2 aromatic rings. The van der Waals surface area contributed by atoms with Crippen LogP contribution in [0.2, 0.25) is 5.02 Å². The van der Waals surface area contributed by atoms with Crippen LogP contribution in [0.1, 0.15) is 10.9 Å². The molecular formula is C13H12ClN3O2S. The topological polar surface area (TPSA) is 69.0 Å². The van der Waals surface area contributed by atoms with Crippen LogP contribution in [0.15, 0.2) is 38.9 Å². The largest absolute Gasteiger partial charge is 0.372 e. The van der Waals surface area contributed by atoms with Gasteiger partial charge in [-0.25, -0.2) is 0 Å². The number of likely N-dealkylation sites (N-methyl/N-ethyl adjacent to an activating group) is 1. The minimum atomic E-state index is -0.630. The van der Waals surface area contributed by atoms with Crippen LogP contribution in [-0.2, 0) is 0 Å². The number of rotatable bonds is 1. The molecule has 0 radical (unpaired) electrons. The van der Waals surface area contributed by atoms with E-state index in [1.54, 1.807) is 18.0 Å². The molecule has 0 saturated heterocycles. The molecule has 0 aliphatic carbocycles. The van der Waals surface area contributed by atoms with E-state index in [-0.39, 0.29) is 5.25 Å². The molecule has 104 valence electrons. The lowest BCUT2D eigenvalue weighted by Crippen LogP contribution is -2.33. The second kappa shape index (κ2) is 5.03. The van der Waals surface area contributed by atoms with Crippen LogP contribution in [-0.4, -0.2) is 23.6 Å². The molecule has 1 aromatic heterocycles. The van der Waals surface area contributed by atoms with Crippen LogP contribution in [0.3, 0.4) is 0 Å². The Morgan fingerprint density at radius 2 is 2.15 bits per heavy atom. The van der Waals surface area contributed by atoms with E-state index >= 15 is 0 Å². The molecule has 0 spiro atoms. The number of aromatic nitrogens is 2. The van der Waals surface area contributed by atoms with Crippen LogP contribution in [0.25, 0.3) is 0 Å². The smallest absolute Gasteiger partial charge is 0.313 e. The molecule has 0 amide bonds. The minimum absolute atomic E-state index is 0.0539. The summed E-state index contributed by atoms with van der Waals surface area (Å²) in [6.07, 6.45) is 1.57. The van der Waals surface area contributed by atoms with Crippen LogP contribution in [0.5, 0.6) is 0 Å². The van der Waals surface area contributed by atoms with Gasteiger partial charge in [-0.1, -0.05) is 11.6 Å². The van der Waals surface area contributed by atoms with E-state index < -0.39 is 11.1 Å². The standard InChI is InChI=1S/C13H12ClN3O2S/c1-17-6-11(8-5-15-12(18)13(19)16-8)20-10-3-2-7(14)4-9(10)17/h2-5,11H,6H2,1H3,(H,15,18)(H,16,19). The number of halogens is 1. The van der Waals surface area contributed by atoms with Crippen molar-refractivity contribution in [2.45, 2.75) is 10.1 Å². The van der Waals surface area contributed by atoms with Gasteiger partial charge in [-0.2, -0.15) is 0 Å². The molecule has 0 saturated carbocycles. The maximum atomic E-state index is 11.4. The van der Waals surface area contributed by atoms with E-state index in [4.69, 9.17) is 11.6 Å². The Bertz CT molecular complexity index is 771. The van der Waals surface area contributed by atoms with Gasteiger partial charge in [0.05, 0.1) is 10.9 Å². The molecule has 5 nitrogen and oxygen atoms in total. The minimum Gasteiger partial charge on any atom is -0.372 e. The fraction of sp³-hybridized carbons (Fsp3) is 0.231. The number of fused-ring (bicyclic) bond motifs is 1. The second-order valence-electron chi connectivity index (χ2n) is 4.63. The molecule has 1 atom stereocenters. The molecule has 1 aliphatic rings. The number of benzene rings is 1. The third-order valence-electron chi connectivity index (χ3n) is 3.21. The Morgan fingerprint density at radius 3 is 2.90 bits per heavy atom. The maximum Gasteiger partial charge on any atom is 0.313 e. The van der Waals surface area contributed by atoms with E-state index in [0.717, 1.165) is 17.1 Å². The normalized spacial score (nSPS) is 17.9. The molecule has 0 fully saturated rings. The monoisotopic (exact) mass is 309 g/mol. The molecule has 1 aromatic carbocycles. The molecule has 2 heterocycles. The van der Waals surface area contributed by atoms with E-state index in [9.17, 15) is 9.59 Å². The number of nitrogens with zero attached hydrogens (tertiary/aromatic N) is 1. The van der Waals surface area contributed by atoms with Gasteiger partial charge in [0.15, 0.2) is 0 Å². The molecule has 7 heteroatoms. The summed E-state index contributed by atoms with van der Waals surface area (Å²) in [6, 6.07) is 5.74. The van der Waals surface area contributed by atoms with Crippen molar-refractivity contribution in [3.8, 4) is 0 Å². The lowest BCUT2D eigenvalue weighted by molar-refractivity contribution is 0.797. The number of hydrogen-bond donors (Lipinski definition) is 2. The average Bonchev–Trinajstić information content (AvgIpc) is 2.42. The zero-order valence-corrected chi connectivity index (χ0v) is 12.2. The van der Waals surface area contributed by atoms with Gasteiger partial charge in [-0.05, 0) is 18.2 Å². The Labute approximate surface area is 124 Å². The van der Waals surface area contributed by atoms with E-state index in [0.29, 0.717) is 10.7 Å². The predicted molar refractivity (Wildman–Crippen MR) is 81.0 cm³/mol. The first-order valence-electron chi connectivity index (χ1n) is 6.04. The van der Waals surface area contributed by atoms with Gasteiger partial charge in [-0.15, -0.1) is 11.8 Å². The quantitative estimate of drug-likeness (QED) is 0.791. The summed E-state index contributed by atoms with van der Waals surface area (Å²) in [5.41, 5.74) is 0.542. The third-order valence-corrected chi connectivity index (χ3v) is 4.73. The summed E-state index contributed by atoms with van der Waals surface area (Å²) in [7, 11) is 1.98. The van der Waals surface area contributed by atoms with Gasteiger partial charge in [0.1, 0.15) is 0 Å². The first-order chi connectivity index (χ1) is 9.54. The fourth-order valence-electron chi connectivity index (χ4n) is 2.19. The molecule has 2 N–H and O–H groups in total. The number of anilines is 1. The van der Waals surface area contributed by atoms with Crippen LogP contribution in [0.4, 0.5) is 5.69 Å². The predicted octanol–water partition coefficient (Wildman–Crippen LogP) is 2.00. The average molecular weight is 310 g/mol. The number of thioether (sulfide) groups is 1. The Morgan fingerprint density at radius 1 is 1.35 bits per heavy atom. The van der Waals surface area contributed by atoms with Crippen molar-refractivity contribution < 1.29 is 0 Å². The van der Waals surface area contributed by atoms with Crippen molar-refractivity contribution in [3.05, 3.63) is 55.8 Å². The summed E-state index contributed by atoms with van der Waals surface area (Å²) >= 11 is 7.66. The molecular weight excluding hydrogens is 298 g/mol. The molecule has 20 heavy (non-hydrogen) atoms. The van der Waals surface area contributed by atoms with Gasteiger partial charge in [0, 0.05) is 35.4 Å². The Balaban J connectivity index is 1.98. The van der Waals surface area contributed by atoms with Crippen molar-refractivity contribution in [1.29, 1.82) is 0 Å². The lowest BCUT2D eigenvalue weighted by atomic mass is 10.2. The van der Waals surface area contributed by atoms with E-state index in [1.807, 2.05) is 25.2 Å². The number of H-pyrrole nitrogens is 2. The third kappa shape index (κ3) is 2.36. The zero-order chi connectivity index (χ0) is 14.3. The first-order valence-corrected chi connectivity index (χ1v) is 7.29. The van der Waals surface area contributed by atoms with Crippen LogP contribution >= 0.6 is 23.4 Å². The summed E-state index contributed by atoms with van der Waals surface area (Å²) < 4.78 is 0. The van der Waals surface area contributed by atoms with Crippen molar-refractivity contribution in [3.63, 3.8) is 0 Å². The van der Waals surface area contributed by atoms with E-state index in [2.05, 4.69) is 14.9 Å². The lowest BCUT2D eigenvalue weighted by Gasteiger charge is -2.32. The van der Waals surface area contributed by atoms with Gasteiger partial charge in [0.25, 0.3) is 0 Å². The molecule has 1 aliphatic heterocycles. The first kappa shape index (κ1) is 13.3. The van der Waals surface area contributed by atoms with Gasteiger partial charge < -0.3 is 14.9 Å². The van der Waals surface area contributed by atoms with E-state index in [1.165, 1.54) is 0 Å². The summed E-state index contributed by atoms with van der Waals surface area (Å²) in [6.45, 7) is 0.722. The maximum absolute atomic E-state index is 11.4. The van der Waals surface area contributed by atoms with Crippen molar-refractivity contribution in [2.24, 2.45) is 0 Å². The number of aromatic amines is 2. The number of nitrogens with one attached hydrogen (secondary N) is 2. The van der Waals surface area contributed by atoms with Crippen LogP contribution in [0, 0.1) is 0 Å². The van der Waals surface area contributed by atoms with Crippen molar-refractivity contribution >= 4 is 29.1 Å². The van der Waals surface area contributed by atoms with Crippen molar-refractivity contribution in [1.82, 2.24) is 9.97 Å². The SMILES string of the molecule is CN1CC(c2c[nH]c(=O)c(=O)[nH]2)Sc2ccc(Cl)cc21. The highest BCUT2D eigenvalue weighted by Gasteiger charge is 2.25. The number of hydrogen-bond acceptors (Lipinski definition) is 4. The molecule has 1 unspecified atom stereocenters. The highest BCUT2D eigenvalue weighted by Crippen LogP contribution is 2.45. The van der Waals surface area contributed by atoms with Gasteiger partial charge in [-0.3, -0.25) is 9.59 Å². The summed E-state index contributed by atoms with van der Waals surface area (Å²) in [4.78, 5) is 30.8. The second-order valence-corrected chi connectivity index (χ2v) is 6.31.